The second kappa shape index (κ2) is 6.75. The maximum atomic E-state index is 12.4. The predicted molar refractivity (Wildman–Crippen MR) is 114 cm³/mol. The summed E-state index contributed by atoms with van der Waals surface area (Å²) in [6.45, 7) is 1.03. The van der Waals surface area contributed by atoms with Crippen LogP contribution in [0.1, 0.15) is 19.3 Å². The van der Waals surface area contributed by atoms with Crippen LogP contribution in [0.3, 0.4) is 0 Å². The number of hydrogen-bond acceptors (Lipinski definition) is 6. The van der Waals surface area contributed by atoms with Gasteiger partial charge in [0, 0.05) is 62.5 Å². The fourth-order valence-electron chi connectivity index (χ4n) is 4.42. The van der Waals surface area contributed by atoms with Crippen LogP contribution in [-0.2, 0) is 17.4 Å². The number of aromatic nitrogens is 7. The van der Waals surface area contributed by atoms with Crippen molar-refractivity contribution in [2.75, 3.05) is 13.1 Å². The molecule has 5 heterocycles. The number of aryl methyl sites for hydroxylation is 1. The van der Waals surface area contributed by atoms with Crippen molar-refractivity contribution in [1.29, 1.82) is 5.26 Å². The number of nitrogens with zero attached hydrogens (tertiary/aromatic N) is 9. The minimum atomic E-state index is -0.493. The number of amides is 1. The molecule has 0 unspecified atom stereocenters. The lowest BCUT2D eigenvalue weighted by molar-refractivity contribution is -0.144. The summed E-state index contributed by atoms with van der Waals surface area (Å²) in [6.07, 6.45) is 13.2. The van der Waals surface area contributed by atoms with Gasteiger partial charge in [-0.3, -0.25) is 18.6 Å². The molecule has 2 fully saturated rings. The first-order valence-electron chi connectivity index (χ1n) is 10.6. The van der Waals surface area contributed by atoms with E-state index in [9.17, 15) is 10.1 Å². The first-order chi connectivity index (χ1) is 15.6. The van der Waals surface area contributed by atoms with Gasteiger partial charge in [0.25, 0.3) is 0 Å². The fraction of sp³-hybridized carbons (Fsp3) is 0.364. The number of carbonyl (C=O) groups excluding carboxylic acids is 1. The predicted octanol–water partition coefficient (Wildman–Crippen LogP) is 1.85. The van der Waals surface area contributed by atoms with Crippen molar-refractivity contribution in [2.24, 2.45) is 13.0 Å². The third-order valence-electron chi connectivity index (χ3n) is 6.33. The van der Waals surface area contributed by atoms with E-state index in [4.69, 9.17) is 4.98 Å². The molecule has 0 radical (unpaired) electrons. The number of carbonyl (C=O) groups is 1. The van der Waals surface area contributed by atoms with Crippen LogP contribution in [0.15, 0.2) is 43.2 Å². The van der Waals surface area contributed by atoms with E-state index in [1.165, 1.54) is 0 Å². The van der Waals surface area contributed by atoms with Gasteiger partial charge in [-0.15, -0.1) is 0 Å². The lowest BCUT2D eigenvalue weighted by Gasteiger charge is -2.49. The Kier molecular flexibility index (Phi) is 3.95. The summed E-state index contributed by atoms with van der Waals surface area (Å²) >= 11 is 0. The number of likely N-dealkylation sites (tertiary alicyclic amines) is 1. The molecular weight excluding hydrogens is 406 g/mol. The van der Waals surface area contributed by atoms with E-state index in [2.05, 4.69) is 21.3 Å². The summed E-state index contributed by atoms with van der Waals surface area (Å²) in [5.74, 6) is 1.09. The van der Waals surface area contributed by atoms with Crippen LogP contribution in [0, 0.1) is 17.2 Å². The van der Waals surface area contributed by atoms with Gasteiger partial charge in [-0.1, -0.05) is 0 Å². The van der Waals surface area contributed by atoms with Crippen molar-refractivity contribution >= 4 is 11.6 Å². The Labute approximate surface area is 183 Å². The lowest BCUT2D eigenvalue weighted by Crippen LogP contribution is -2.64. The molecule has 1 aliphatic heterocycles. The topological polar surface area (TPSA) is 110 Å². The number of nitriles is 1. The normalized spacial score (nSPS) is 17.3. The number of imidazole rings is 1. The second-order valence-corrected chi connectivity index (χ2v) is 8.72. The van der Waals surface area contributed by atoms with Gasteiger partial charge in [0.05, 0.1) is 36.1 Å². The quantitative estimate of drug-likeness (QED) is 0.481. The van der Waals surface area contributed by atoms with Gasteiger partial charge < -0.3 is 4.90 Å². The molecule has 10 heteroatoms. The van der Waals surface area contributed by atoms with Gasteiger partial charge in [0.15, 0.2) is 0 Å². The van der Waals surface area contributed by atoms with Crippen LogP contribution in [-0.4, -0.2) is 57.8 Å². The van der Waals surface area contributed by atoms with Gasteiger partial charge in [-0.05, 0) is 12.8 Å². The van der Waals surface area contributed by atoms with Crippen molar-refractivity contribution in [3.05, 3.63) is 43.2 Å². The Morgan fingerprint density at radius 1 is 1.22 bits per heavy atom. The number of fused-ring (bicyclic) bond motifs is 1. The molecule has 1 saturated carbocycles. The molecule has 4 aromatic heterocycles. The third-order valence-corrected chi connectivity index (χ3v) is 6.33. The van der Waals surface area contributed by atoms with Gasteiger partial charge in [-0.2, -0.15) is 15.5 Å². The van der Waals surface area contributed by atoms with Crippen LogP contribution in [0.5, 0.6) is 0 Å². The Hall–Kier alpha value is -4.00. The van der Waals surface area contributed by atoms with E-state index in [-0.39, 0.29) is 11.8 Å². The molecule has 10 nitrogen and oxygen atoms in total. The van der Waals surface area contributed by atoms with Gasteiger partial charge in [0.1, 0.15) is 17.0 Å². The molecule has 1 saturated heterocycles. The summed E-state index contributed by atoms with van der Waals surface area (Å²) in [4.78, 5) is 23.6. The molecule has 0 spiro atoms. The van der Waals surface area contributed by atoms with Crippen molar-refractivity contribution in [1.82, 2.24) is 38.8 Å². The first kappa shape index (κ1) is 18.7. The highest BCUT2D eigenvalue weighted by Crippen LogP contribution is 2.38. The van der Waals surface area contributed by atoms with Gasteiger partial charge in [-0.25, -0.2) is 9.97 Å². The van der Waals surface area contributed by atoms with E-state index in [1.54, 1.807) is 23.3 Å². The molecule has 160 valence electrons. The van der Waals surface area contributed by atoms with E-state index in [0.29, 0.717) is 25.3 Å². The first-order valence-corrected chi connectivity index (χ1v) is 10.6. The molecule has 0 aromatic carbocycles. The largest absolute Gasteiger partial charge is 0.337 e. The lowest BCUT2D eigenvalue weighted by atomic mass is 9.86. The summed E-state index contributed by atoms with van der Waals surface area (Å²) in [6, 6.07) is 4.21. The third kappa shape index (κ3) is 2.89. The minimum absolute atomic E-state index is 0.178. The molecule has 0 N–H and O–H groups in total. The molecule has 0 bridgehead atoms. The standard InChI is InChI=1S/C22H21N9O/c1-28-11-16(9-25-28)18-8-19-24-6-7-30(19)20(27-18)17-10-26-31(12-17)22(4-5-23)13-29(14-22)21(32)15-2-3-15/h6-12,15H,2-4,13-14H2,1H3. The highest BCUT2D eigenvalue weighted by Gasteiger charge is 2.50. The molecule has 1 aliphatic carbocycles. The Bertz CT molecular complexity index is 1380. The monoisotopic (exact) mass is 427 g/mol. The highest BCUT2D eigenvalue weighted by atomic mass is 16.2. The number of rotatable bonds is 5. The zero-order valence-electron chi connectivity index (χ0n) is 17.6. The molecular formula is C22H21N9O. The summed E-state index contributed by atoms with van der Waals surface area (Å²) in [7, 11) is 1.87. The summed E-state index contributed by atoms with van der Waals surface area (Å²) < 4.78 is 5.49. The second-order valence-electron chi connectivity index (χ2n) is 8.72. The van der Waals surface area contributed by atoms with Gasteiger partial charge >= 0.3 is 0 Å². The average molecular weight is 427 g/mol. The zero-order chi connectivity index (χ0) is 21.9. The SMILES string of the molecule is Cn1cc(-c2cc3nccn3c(-c3cnn(C4(CC#N)CN(C(=O)C5CC5)C4)c3)n2)cn1. The summed E-state index contributed by atoms with van der Waals surface area (Å²) in [5, 5.41) is 18.3. The van der Waals surface area contributed by atoms with Crippen LogP contribution < -0.4 is 0 Å². The van der Waals surface area contributed by atoms with E-state index in [1.807, 2.05) is 45.7 Å². The Morgan fingerprint density at radius 2 is 2.03 bits per heavy atom. The maximum absolute atomic E-state index is 12.4. The van der Waals surface area contributed by atoms with E-state index < -0.39 is 5.54 Å². The highest BCUT2D eigenvalue weighted by molar-refractivity contribution is 5.82. The van der Waals surface area contributed by atoms with Gasteiger partial charge in [0.2, 0.25) is 5.91 Å². The minimum Gasteiger partial charge on any atom is -0.337 e. The zero-order valence-corrected chi connectivity index (χ0v) is 17.6. The molecule has 2 aliphatic rings. The van der Waals surface area contributed by atoms with Crippen molar-refractivity contribution < 1.29 is 4.79 Å². The maximum Gasteiger partial charge on any atom is 0.225 e. The average Bonchev–Trinajstić information content (AvgIpc) is 3.14. The molecule has 0 atom stereocenters. The number of hydrogen-bond donors (Lipinski definition) is 0. The smallest absolute Gasteiger partial charge is 0.225 e. The summed E-state index contributed by atoms with van der Waals surface area (Å²) in [5.41, 5.74) is 2.78. The van der Waals surface area contributed by atoms with Crippen LogP contribution in [0.25, 0.3) is 28.3 Å². The van der Waals surface area contributed by atoms with Crippen LogP contribution in [0.2, 0.25) is 0 Å². The van der Waals surface area contributed by atoms with E-state index >= 15 is 0 Å². The molecule has 6 rings (SSSR count). The molecule has 1 amide bonds. The molecule has 4 aromatic rings. The Morgan fingerprint density at radius 3 is 2.75 bits per heavy atom. The van der Waals surface area contributed by atoms with E-state index in [0.717, 1.165) is 35.3 Å². The van der Waals surface area contributed by atoms with Crippen molar-refractivity contribution in [3.63, 3.8) is 0 Å². The van der Waals surface area contributed by atoms with Crippen molar-refractivity contribution in [2.45, 2.75) is 24.8 Å². The van der Waals surface area contributed by atoms with Crippen LogP contribution >= 0.6 is 0 Å². The fourth-order valence-corrected chi connectivity index (χ4v) is 4.42. The molecule has 32 heavy (non-hydrogen) atoms. The van der Waals surface area contributed by atoms with Crippen LogP contribution in [0.4, 0.5) is 0 Å². The van der Waals surface area contributed by atoms with Crippen molar-refractivity contribution in [3.8, 4) is 28.7 Å². The Balaban J connectivity index is 1.37.